The Labute approximate surface area is 99.1 Å². The molecule has 78 valence electrons. The minimum atomic E-state index is 0.613. The summed E-state index contributed by atoms with van der Waals surface area (Å²) in [4.78, 5) is 7.63. The molecule has 1 aromatic heterocycles. The monoisotopic (exact) mass is 238 g/mol. The van der Waals surface area contributed by atoms with Crippen LogP contribution in [0.5, 0.6) is 0 Å². The number of nitrogens with one attached hydrogen (secondary N) is 1. The van der Waals surface area contributed by atoms with Gasteiger partial charge in [0.05, 0.1) is 5.69 Å². The van der Waals surface area contributed by atoms with E-state index < -0.39 is 0 Å². The molecule has 1 aromatic carbocycles. The van der Waals surface area contributed by atoms with Crippen LogP contribution in [0.15, 0.2) is 24.3 Å². The molecule has 0 unspecified atom stereocenters. The maximum atomic E-state index is 5.93. The Morgan fingerprint density at radius 3 is 2.87 bits per heavy atom. The number of benzene rings is 1. The van der Waals surface area contributed by atoms with Crippen molar-refractivity contribution in [2.45, 2.75) is 12.7 Å². The maximum Gasteiger partial charge on any atom is 0.116 e. The molecule has 0 fully saturated rings. The fourth-order valence-electron chi connectivity index (χ4n) is 1.51. The van der Waals surface area contributed by atoms with Crippen molar-refractivity contribution in [3.8, 4) is 11.3 Å². The smallest absolute Gasteiger partial charge is 0.116 e. The van der Waals surface area contributed by atoms with Crippen molar-refractivity contribution >= 4 is 24.2 Å². The maximum absolute atomic E-state index is 5.93. The number of aryl methyl sites for hydroxylation is 1. The van der Waals surface area contributed by atoms with Gasteiger partial charge in [0.25, 0.3) is 0 Å². The standard InChI is InChI=1S/C11H11ClN2S/c1-7-11(14-10(6-15)13-7)8-3-2-4-9(12)5-8/h2-5,15H,6H2,1H3,(H,13,14). The Bertz CT molecular complexity index is 479. The molecule has 1 heterocycles. The minimum absolute atomic E-state index is 0.613. The van der Waals surface area contributed by atoms with Gasteiger partial charge >= 0.3 is 0 Å². The van der Waals surface area contributed by atoms with Crippen molar-refractivity contribution in [1.29, 1.82) is 0 Å². The molecular formula is C11H11ClN2S. The molecular weight excluding hydrogens is 228 g/mol. The predicted molar refractivity (Wildman–Crippen MR) is 66.5 cm³/mol. The fourth-order valence-corrected chi connectivity index (χ4v) is 1.85. The van der Waals surface area contributed by atoms with E-state index in [1.54, 1.807) is 0 Å². The second-order valence-electron chi connectivity index (χ2n) is 3.33. The molecule has 0 amide bonds. The highest BCUT2D eigenvalue weighted by molar-refractivity contribution is 7.79. The molecule has 0 aliphatic rings. The molecule has 0 bridgehead atoms. The van der Waals surface area contributed by atoms with Crippen molar-refractivity contribution in [2.75, 3.05) is 0 Å². The summed E-state index contributed by atoms with van der Waals surface area (Å²) in [6, 6.07) is 7.68. The Balaban J connectivity index is 2.48. The van der Waals surface area contributed by atoms with Gasteiger partial charge in [-0.1, -0.05) is 23.7 Å². The molecule has 0 atom stereocenters. The number of hydrogen-bond acceptors (Lipinski definition) is 2. The van der Waals surface area contributed by atoms with Gasteiger partial charge < -0.3 is 4.98 Å². The van der Waals surface area contributed by atoms with Crippen molar-refractivity contribution in [3.63, 3.8) is 0 Å². The second kappa shape index (κ2) is 4.29. The first-order chi connectivity index (χ1) is 7.20. The van der Waals surface area contributed by atoms with E-state index in [1.807, 2.05) is 31.2 Å². The first-order valence-corrected chi connectivity index (χ1v) is 5.64. The van der Waals surface area contributed by atoms with Gasteiger partial charge in [0.1, 0.15) is 5.82 Å². The zero-order chi connectivity index (χ0) is 10.8. The number of halogens is 1. The lowest BCUT2D eigenvalue weighted by Gasteiger charge is -1.98. The number of thiol groups is 1. The van der Waals surface area contributed by atoms with E-state index >= 15 is 0 Å². The number of nitrogens with zero attached hydrogens (tertiary/aromatic N) is 1. The van der Waals surface area contributed by atoms with E-state index in [0.29, 0.717) is 5.75 Å². The van der Waals surface area contributed by atoms with Gasteiger partial charge in [-0.2, -0.15) is 12.6 Å². The van der Waals surface area contributed by atoms with Gasteiger partial charge in [0, 0.05) is 22.0 Å². The highest BCUT2D eigenvalue weighted by Gasteiger charge is 2.07. The summed E-state index contributed by atoms with van der Waals surface area (Å²) in [7, 11) is 0. The summed E-state index contributed by atoms with van der Waals surface area (Å²) in [5.74, 6) is 1.49. The molecule has 0 radical (unpaired) electrons. The summed E-state index contributed by atoms with van der Waals surface area (Å²) < 4.78 is 0. The number of H-pyrrole nitrogens is 1. The van der Waals surface area contributed by atoms with Gasteiger partial charge in [-0.3, -0.25) is 0 Å². The number of rotatable bonds is 2. The average molecular weight is 239 g/mol. The average Bonchev–Trinajstić information content (AvgIpc) is 2.60. The third-order valence-electron chi connectivity index (χ3n) is 2.18. The van der Waals surface area contributed by atoms with Crippen LogP contribution in [0.1, 0.15) is 11.5 Å². The van der Waals surface area contributed by atoms with Crippen LogP contribution >= 0.6 is 24.2 Å². The Morgan fingerprint density at radius 1 is 1.47 bits per heavy atom. The van der Waals surface area contributed by atoms with Crippen molar-refractivity contribution in [2.24, 2.45) is 0 Å². The van der Waals surface area contributed by atoms with Gasteiger partial charge in [0.2, 0.25) is 0 Å². The largest absolute Gasteiger partial charge is 0.345 e. The zero-order valence-electron chi connectivity index (χ0n) is 8.29. The number of aromatic amines is 1. The third-order valence-corrected chi connectivity index (χ3v) is 2.72. The summed E-state index contributed by atoms with van der Waals surface area (Å²) in [6.07, 6.45) is 0. The van der Waals surface area contributed by atoms with Crippen LogP contribution in [0, 0.1) is 6.92 Å². The van der Waals surface area contributed by atoms with Crippen LogP contribution in [0.25, 0.3) is 11.3 Å². The molecule has 0 aliphatic heterocycles. The highest BCUT2D eigenvalue weighted by atomic mass is 35.5. The van der Waals surface area contributed by atoms with Crippen LogP contribution in [0.2, 0.25) is 5.02 Å². The lowest BCUT2D eigenvalue weighted by atomic mass is 10.1. The van der Waals surface area contributed by atoms with Crippen LogP contribution in [-0.2, 0) is 5.75 Å². The second-order valence-corrected chi connectivity index (χ2v) is 4.08. The third kappa shape index (κ3) is 2.19. The molecule has 0 aliphatic carbocycles. The molecule has 2 nitrogen and oxygen atoms in total. The first-order valence-electron chi connectivity index (χ1n) is 4.63. The van der Waals surface area contributed by atoms with Crippen LogP contribution in [-0.4, -0.2) is 9.97 Å². The number of hydrogen-bond donors (Lipinski definition) is 2. The SMILES string of the molecule is Cc1[nH]c(CS)nc1-c1cccc(Cl)c1. The molecule has 4 heteroatoms. The first kappa shape index (κ1) is 10.6. The van der Waals surface area contributed by atoms with E-state index in [0.717, 1.165) is 27.8 Å². The normalized spacial score (nSPS) is 10.6. The van der Waals surface area contributed by atoms with Crippen LogP contribution in [0.4, 0.5) is 0 Å². The molecule has 2 aromatic rings. The summed E-state index contributed by atoms with van der Waals surface area (Å²) in [5, 5.41) is 0.724. The molecule has 15 heavy (non-hydrogen) atoms. The quantitative estimate of drug-likeness (QED) is 0.771. The van der Waals surface area contributed by atoms with Gasteiger partial charge in [0.15, 0.2) is 0 Å². The van der Waals surface area contributed by atoms with E-state index in [4.69, 9.17) is 11.6 Å². The highest BCUT2D eigenvalue weighted by Crippen LogP contribution is 2.24. The molecule has 0 spiro atoms. The zero-order valence-corrected chi connectivity index (χ0v) is 9.94. The van der Waals surface area contributed by atoms with Crippen molar-refractivity contribution in [3.05, 3.63) is 40.8 Å². The Morgan fingerprint density at radius 2 is 2.27 bits per heavy atom. The lowest BCUT2D eigenvalue weighted by Crippen LogP contribution is -1.81. The van der Waals surface area contributed by atoms with E-state index in [-0.39, 0.29) is 0 Å². The van der Waals surface area contributed by atoms with Gasteiger partial charge in [-0.05, 0) is 19.1 Å². The van der Waals surface area contributed by atoms with Gasteiger partial charge in [-0.25, -0.2) is 4.98 Å². The van der Waals surface area contributed by atoms with Crippen LogP contribution in [0.3, 0.4) is 0 Å². The van der Waals surface area contributed by atoms with E-state index in [2.05, 4.69) is 22.6 Å². The Hall–Kier alpha value is -0.930. The van der Waals surface area contributed by atoms with Gasteiger partial charge in [-0.15, -0.1) is 0 Å². The van der Waals surface area contributed by atoms with E-state index in [1.165, 1.54) is 0 Å². The van der Waals surface area contributed by atoms with Crippen LogP contribution < -0.4 is 0 Å². The Kier molecular flexibility index (Phi) is 3.03. The molecule has 1 N–H and O–H groups in total. The molecule has 0 saturated heterocycles. The van der Waals surface area contributed by atoms with Crippen molar-refractivity contribution < 1.29 is 0 Å². The van der Waals surface area contributed by atoms with E-state index in [9.17, 15) is 0 Å². The van der Waals surface area contributed by atoms with Crippen molar-refractivity contribution in [1.82, 2.24) is 9.97 Å². The summed E-state index contributed by atoms with van der Waals surface area (Å²) in [6.45, 7) is 2.00. The lowest BCUT2D eigenvalue weighted by molar-refractivity contribution is 1.11. The topological polar surface area (TPSA) is 28.7 Å². The predicted octanol–water partition coefficient (Wildman–Crippen LogP) is 3.47. The molecule has 2 rings (SSSR count). The minimum Gasteiger partial charge on any atom is -0.345 e. The fraction of sp³-hybridized carbons (Fsp3) is 0.182. The number of imidazole rings is 1. The summed E-state index contributed by atoms with van der Waals surface area (Å²) in [5.41, 5.74) is 3.02. The summed E-state index contributed by atoms with van der Waals surface area (Å²) >= 11 is 10.1. The number of aromatic nitrogens is 2. The molecule has 0 saturated carbocycles.